The van der Waals surface area contributed by atoms with Crippen molar-refractivity contribution in [3.8, 4) is 0 Å². The van der Waals surface area contributed by atoms with E-state index in [0.29, 0.717) is 11.2 Å². The number of anilines is 1. The molecule has 0 saturated carbocycles. The molecule has 0 aromatic carbocycles. The van der Waals surface area contributed by atoms with Gasteiger partial charge in [-0.05, 0) is 0 Å². The topological polar surface area (TPSA) is 100 Å². The van der Waals surface area contributed by atoms with E-state index in [-0.39, 0.29) is 85.8 Å². The average Bonchev–Trinajstić information content (AvgIpc) is 2.34. The molecule has 4 N–H and O–H groups in total. The highest BCUT2D eigenvalue weighted by Crippen LogP contribution is 1.98. The van der Waals surface area contributed by atoms with Gasteiger partial charge in [-0.25, -0.2) is 4.98 Å². The Labute approximate surface area is 134 Å². The standard InChI is InChI=1S/C5H5N5O.10CH4/c6-5-9-3-2(4(11)10-5)7-1-8-3;;;;;;;;;;/h1H,(H4,6,7,8,9,10,11);10*1H4. The number of aromatic amines is 2. The van der Waals surface area contributed by atoms with Gasteiger partial charge < -0.3 is 10.7 Å². The maximum Gasteiger partial charge on any atom is 0.278 e. The highest BCUT2D eigenvalue weighted by Gasteiger charge is 2.01. The largest absolute Gasteiger partial charge is 0.369 e. The maximum atomic E-state index is 11.0. The zero-order chi connectivity index (χ0) is 7.84. The molecule has 21 heavy (non-hydrogen) atoms. The summed E-state index contributed by atoms with van der Waals surface area (Å²) in [6.07, 6.45) is 1.40. The molecule has 6 nitrogen and oxygen atoms in total. The SMILES string of the molecule is C.C.C.C.C.C.C.C.C.C.Nc1nc2nc[nH]c2c(=O)[nH]1. The summed E-state index contributed by atoms with van der Waals surface area (Å²) in [6, 6.07) is 0. The van der Waals surface area contributed by atoms with E-state index in [1.807, 2.05) is 0 Å². The van der Waals surface area contributed by atoms with Gasteiger partial charge in [0.05, 0.1) is 6.33 Å². The fourth-order valence-electron chi connectivity index (χ4n) is 0.860. The summed E-state index contributed by atoms with van der Waals surface area (Å²) in [5, 5.41) is 0. The number of fused-ring (bicyclic) bond motifs is 1. The molecule has 2 rings (SSSR count). The van der Waals surface area contributed by atoms with Gasteiger partial charge >= 0.3 is 0 Å². The van der Waals surface area contributed by atoms with Crippen LogP contribution in [0.1, 0.15) is 74.3 Å². The van der Waals surface area contributed by atoms with Crippen molar-refractivity contribution in [2.24, 2.45) is 0 Å². The minimum absolute atomic E-state index is 0. The predicted octanol–water partition coefficient (Wildman–Crippen LogP) is 5.59. The second kappa shape index (κ2) is 23.3. The van der Waals surface area contributed by atoms with Crippen LogP contribution >= 0.6 is 0 Å². The van der Waals surface area contributed by atoms with Gasteiger partial charge in [0.1, 0.15) is 0 Å². The average molecular weight is 312 g/mol. The zero-order valence-corrected chi connectivity index (χ0v) is 5.46. The van der Waals surface area contributed by atoms with Crippen LogP contribution in [0.5, 0.6) is 0 Å². The first-order valence-corrected chi connectivity index (χ1v) is 2.96. The Kier molecular flexibility index (Phi) is 67.8. The molecule has 0 unspecified atom stereocenters. The zero-order valence-electron chi connectivity index (χ0n) is 5.46. The number of imidazole rings is 1. The van der Waals surface area contributed by atoms with Gasteiger partial charge in [0.15, 0.2) is 11.2 Å². The fourth-order valence-corrected chi connectivity index (χ4v) is 0.860. The van der Waals surface area contributed by atoms with Crippen molar-refractivity contribution in [1.29, 1.82) is 0 Å². The third-order valence-corrected chi connectivity index (χ3v) is 1.31. The molecule has 136 valence electrons. The molecule has 0 bridgehead atoms. The van der Waals surface area contributed by atoms with Crippen LogP contribution in [0, 0.1) is 0 Å². The van der Waals surface area contributed by atoms with Crippen molar-refractivity contribution < 1.29 is 0 Å². The van der Waals surface area contributed by atoms with Gasteiger partial charge in [-0.2, -0.15) is 4.98 Å². The number of hydrogen-bond acceptors (Lipinski definition) is 4. The van der Waals surface area contributed by atoms with Gasteiger partial charge in [0.2, 0.25) is 5.95 Å². The predicted molar refractivity (Wildman–Crippen MR) is 106 cm³/mol. The number of nitrogens with one attached hydrogen (secondary N) is 2. The normalized spacial score (nSPS) is 5.52. The molecule has 0 aliphatic rings. The van der Waals surface area contributed by atoms with E-state index in [0.717, 1.165) is 0 Å². The quantitative estimate of drug-likeness (QED) is 0.590. The number of H-pyrrole nitrogens is 2. The molecule has 2 aromatic heterocycles. The van der Waals surface area contributed by atoms with Gasteiger partial charge in [-0.3, -0.25) is 9.78 Å². The minimum atomic E-state index is -0.301. The Balaban J connectivity index is -0.0000000206. The Hall–Kier alpha value is -1.85. The summed E-state index contributed by atoms with van der Waals surface area (Å²) in [7, 11) is 0. The molecule has 2 aromatic rings. The van der Waals surface area contributed by atoms with Gasteiger partial charge in [-0.1, -0.05) is 74.3 Å². The van der Waals surface area contributed by atoms with Crippen LogP contribution in [0.4, 0.5) is 5.95 Å². The van der Waals surface area contributed by atoms with E-state index in [9.17, 15) is 4.79 Å². The smallest absolute Gasteiger partial charge is 0.278 e. The summed E-state index contributed by atoms with van der Waals surface area (Å²) >= 11 is 0. The van der Waals surface area contributed by atoms with Crippen LogP contribution in [-0.4, -0.2) is 19.9 Å². The molecule has 2 heterocycles. The Morgan fingerprint density at radius 1 is 0.857 bits per heavy atom. The summed E-state index contributed by atoms with van der Waals surface area (Å²) in [4.78, 5) is 23.5. The van der Waals surface area contributed by atoms with Crippen LogP contribution in [0.3, 0.4) is 0 Å². The lowest BCUT2D eigenvalue weighted by Gasteiger charge is -1.89. The summed E-state index contributed by atoms with van der Waals surface area (Å²) in [6.45, 7) is 0. The molecule has 0 atom stereocenters. The lowest BCUT2D eigenvalue weighted by atomic mass is 10.5. The maximum absolute atomic E-state index is 11.0. The van der Waals surface area contributed by atoms with Gasteiger partial charge in [0.25, 0.3) is 5.56 Å². The van der Waals surface area contributed by atoms with Crippen LogP contribution in [0.2, 0.25) is 0 Å². The highest BCUT2D eigenvalue weighted by molar-refractivity contribution is 5.69. The minimum Gasteiger partial charge on any atom is -0.369 e. The Bertz CT molecular complexity index is 449. The highest BCUT2D eigenvalue weighted by atomic mass is 16.1. The Morgan fingerprint density at radius 3 is 1.71 bits per heavy atom. The van der Waals surface area contributed by atoms with E-state index < -0.39 is 0 Å². The summed E-state index contributed by atoms with van der Waals surface area (Å²) < 4.78 is 0. The van der Waals surface area contributed by atoms with Crippen molar-refractivity contribution >= 4 is 17.1 Å². The molecule has 0 fully saturated rings. The van der Waals surface area contributed by atoms with E-state index >= 15 is 0 Å². The first kappa shape index (κ1) is 61.2. The summed E-state index contributed by atoms with van der Waals surface area (Å²) in [5.74, 6) is 0.0783. The van der Waals surface area contributed by atoms with Crippen LogP contribution in [0.25, 0.3) is 11.2 Å². The number of nitrogens with zero attached hydrogens (tertiary/aromatic N) is 2. The molecular weight excluding hydrogens is 266 g/mol. The van der Waals surface area contributed by atoms with Crippen molar-refractivity contribution in [3.05, 3.63) is 16.7 Å². The monoisotopic (exact) mass is 311 g/mol. The fraction of sp³-hybridized carbons (Fsp3) is 0.667. The summed E-state index contributed by atoms with van der Waals surface area (Å²) in [5.41, 5.74) is 5.65. The molecule has 0 amide bonds. The van der Waals surface area contributed by atoms with Crippen LogP contribution in [-0.2, 0) is 0 Å². The van der Waals surface area contributed by atoms with Crippen molar-refractivity contribution in [1.82, 2.24) is 19.9 Å². The van der Waals surface area contributed by atoms with Gasteiger partial charge in [0, 0.05) is 0 Å². The third-order valence-electron chi connectivity index (χ3n) is 1.31. The molecule has 0 aliphatic heterocycles. The number of hydrogen-bond donors (Lipinski definition) is 3. The number of aromatic nitrogens is 4. The van der Waals surface area contributed by atoms with Crippen LogP contribution < -0.4 is 11.3 Å². The second-order valence-electron chi connectivity index (χ2n) is 2.05. The number of nitrogen functional groups attached to an aromatic ring is 1. The van der Waals surface area contributed by atoms with E-state index in [1.54, 1.807) is 0 Å². The first-order valence-electron chi connectivity index (χ1n) is 2.96. The molecule has 0 saturated heterocycles. The third kappa shape index (κ3) is 11.7. The van der Waals surface area contributed by atoms with Crippen molar-refractivity contribution in [2.45, 2.75) is 74.3 Å². The first-order chi connectivity index (χ1) is 5.27. The number of nitrogens with two attached hydrogens (primary N) is 1. The van der Waals surface area contributed by atoms with Crippen LogP contribution in [0.15, 0.2) is 11.1 Å². The molecule has 0 spiro atoms. The van der Waals surface area contributed by atoms with Crippen molar-refractivity contribution in [3.63, 3.8) is 0 Å². The molecule has 0 radical (unpaired) electrons. The van der Waals surface area contributed by atoms with E-state index in [4.69, 9.17) is 5.73 Å². The van der Waals surface area contributed by atoms with Gasteiger partial charge in [-0.15, -0.1) is 0 Å². The Morgan fingerprint density at radius 2 is 1.29 bits per heavy atom. The molecule has 6 heteroatoms. The van der Waals surface area contributed by atoms with E-state index in [1.165, 1.54) is 6.33 Å². The van der Waals surface area contributed by atoms with Crippen molar-refractivity contribution in [2.75, 3.05) is 5.73 Å². The lowest BCUT2D eigenvalue weighted by molar-refractivity contribution is 1.17. The second-order valence-corrected chi connectivity index (χ2v) is 2.05. The van der Waals surface area contributed by atoms with E-state index in [2.05, 4.69) is 19.9 Å². The molecule has 0 aliphatic carbocycles. The molecular formula is C15H45N5O. The lowest BCUT2D eigenvalue weighted by Crippen LogP contribution is -2.10. The number of rotatable bonds is 0.